The minimum Gasteiger partial charge on any atom is -0.349 e. The first-order chi connectivity index (χ1) is 7.56. The molecule has 2 aliphatic carbocycles. The third-order valence-electron chi connectivity index (χ3n) is 4.46. The fourth-order valence-corrected chi connectivity index (χ4v) is 2.74. The van der Waals surface area contributed by atoms with Gasteiger partial charge < -0.3 is 11.1 Å². The van der Waals surface area contributed by atoms with Crippen LogP contribution in [0.15, 0.2) is 0 Å². The Kier molecular flexibility index (Phi) is 3.24. The highest BCUT2D eigenvalue weighted by molar-refractivity contribution is 5.82. The highest BCUT2D eigenvalue weighted by Gasteiger charge is 2.43. The molecule has 3 heteroatoms. The molecule has 3 N–H and O–H groups in total. The van der Waals surface area contributed by atoms with Crippen molar-refractivity contribution in [1.82, 2.24) is 5.32 Å². The van der Waals surface area contributed by atoms with Gasteiger partial charge in [-0.2, -0.15) is 0 Å². The zero-order valence-electron chi connectivity index (χ0n) is 10.5. The molecule has 0 aromatic carbocycles. The molecular weight excluding hydrogens is 200 g/mol. The number of rotatable bonds is 3. The second-order valence-electron chi connectivity index (χ2n) is 5.98. The van der Waals surface area contributed by atoms with Gasteiger partial charge in [-0.25, -0.2) is 0 Å². The lowest BCUT2D eigenvalue weighted by atomic mass is 9.77. The summed E-state index contributed by atoms with van der Waals surface area (Å²) >= 11 is 0. The molecule has 1 amide bonds. The van der Waals surface area contributed by atoms with Gasteiger partial charge in [0.2, 0.25) is 5.91 Å². The van der Waals surface area contributed by atoms with E-state index in [0.717, 1.165) is 25.2 Å². The zero-order valence-corrected chi connectivity index (χ0v) is 10.5. The van der Waals surface area contributed by atoms with Crippen molar-refractivity contribution < 1.29 is 4.79 Å². The number of nitrogens with two attached hydrogens (primary N) is 1. The average Bonchev–Trinajstić information content (AvgIpc) is 3.00. The lowest BCUT2D eigenvalue weighted by molar-refractivity contribution is -0.125. The van der Waals surface area contributed by atoms with Crippen molar-refractivity contribution in [2.75, 3.05) is 6.54 Å². The summed E-state index contributed by atoms with van der Waals surface area (Å²) in [6.45, 7) is 5.01. The zero-order chi connectivity index (χ0) is 11.8. The van der Waals surface area contributed by atoms with Gasteiger partial charge in [-0.3, -0.25) is 4.79 Å². The summed E-state index contributed by atoms with van der Waals surface area (Å²) in [4.78, 5) is 12.0. The fraction of sp³-hybridized carbons (Fsp3) is 0.923. The summed E-state index contributed by atoms with van der Waals surface area (Å²) in [6.07, 6.45) is 5.55. The molecule has 92 valence electrons. The van der Waals surface area contributed by atoms with Crippen molar-refractivity contribution in [1.29, 1.82) is 0 Å². The van der Waals surface area contributed by atoms with Crippen LogP contribution < -0.4 is 11.1 Å². The molecule has 0 spiro atoms. The number of hydrogen-bond donors (Lipinski definition) is 2. The molecule has 2 fully saturated rings. The van der Waals surface area contributed by atoms with Gasteiger partial charge in [0.25, 0.3) is 0 Å². The quantitative estimate of drug-likeness (QED) is 0.766. The predicted octanol–water partition coefficient (Wildman–Crippen LogP) is 1.67. The van der Waals surface area contributed by atoms with E-state index in [-0.39, 0.29) is 17.4 Å². The lowest BCUT2D eigenvalue weighted by Gasteiger charge is -2.39. The Morgan fingerprint density at radius 3 is 2.38 bits per heavy atom. The second kappa shape index (κ2) is 4.36. The van der Waals surface area contributed by atoms with Gasteiger partial charge in [0, 0.05) is 12.5 Å². The number of amides is 1. The van der Waals surface area contributed by atoms with E-state index in [9.17, 15) is 4.79 Å². The molecule has 2 unspecified atom stereocenters. The maximum Gasteiger partial charge on any atom is 0.223 e. The molecule has 0 bridgehead atoms. The molecule has 2 aliphatic rings. The van der Waals surface area contributed by atoms with Gasteiger partial charge in [0.05, 0.1) is 5.54 Å². The van der Waals surface area contributed by atoms with Crippen molar-refractivity contribution in [3.05, 3.63) is 0 Å². The van der Waals surface area contributed by atoms with Gasteiger partial charge in [0.1, 0.15) is 0 Å². The molecule has 0 radical (unpaired) electrons. The van der Waals surface area contributed by atoms with Crippen molar-refractivity contribution in [2.45, 2.75) is 51.5 Å². The first-order valence-electron chi connectivity index (χ1n) is 6.58. The maximum atomic E-state index is 12.0. The fourth-order valence-electron chi connectivity index (χ4n) is 2.74. The Labute approximate surface area is 98.2 Å². The van der Waals surface area contributed by atoms with E-state index in [1.807, 2.05) is 0 Å². The van der Waals surface area contributed by atoms with E-state index in [2.05, 4.69) is 19.2 Å². The van der Waals surface area contributed by atoms with Crippen molar-refractivity contribution in [3.63, 3.8) is 0 Å². The highest BCUT2D eigenvalue weighted by Crippen LogP contribution is 2.39. The SMILES string of the molecule is CC1CCC(CN)(NC(=O)C2CC2C)CC1. The standard InChI is InChI=1S/C13H24N2O/c1-9-3-5-13(8-14,6-4-9)15-12(16)11-7-10(11)2/h9-11H,3-8,14H2,1-2H3,(H,15,16). The number of nitrogens with one attached hydrogen (secondary N) is 1. The molecule has 16 heavy (non-hydrogen) atoms. The van der Waals surface area contributed by atoms with Crippen LogP contribution in [-0.2, 0) is 4.79 Å². The summed E-state index contributed by atoms with van der Waals surface area (Å²) in [6, 6.07) is 0. The van der Waals surface area contributed by atoms with Crippen LogP contribution in [0.25, 0.3) is 0 Å². The third-order valence-corrected chi connectivity index (χ3v) is 4.46. The molecule has 2 saturated carbocycles. The first-order valence-corrected chi connectivity index (χ1v) is 6.58. The van der Waals surface area contributed by atoms with Crippen LogP contribution >= 0.6 is 0 Å². The molecule has 0 aromatic heterocycles. The molecule has 0 aliphatic heterocycles. The normalized spacial score (nSPS) is 42.8. The highest BCUT2D eigenvalue weighted by atomic mass is 16.2. The Morgan fingerprint density at radius 1 is 1.38 bits per heavy atom. The summed E-state index contributed by atoms with van der Waals surface area (Å²) in [7, 11) is 0. The van der Waals surface area contributed by atoms with E-state index in [1.165, 1.54) is 12.8 Å². The van der Waals surface area contributed by atoms with E-state index < -0.39 is 0 Å². The molecule has 0 aromatic rings. The van der Waals surface area contributed by atoms with Crippen LogP contribution in [0.2, 0.25) is 0 Å². The van der Waals surface area contributed by atoms with Gasteiger partial charge in [0.15, 0.2) is 0 Å². The van der Waals surface area contributed by atoms with Crippen LogP contribution in [-0.4, -0.2) is 18.0 Å². The number of carbonyl (C=O) groups excluding carboxylic acids is 1. The van der Waals surface area contributed by atoms with Crippen LogP contribution in [0.3, 0.4) is 0 Å². The van der Waals surface area contributed by atoms with Crippen molar-refractivity contribution in [2.24, 2.45) is 23.5 Å². The van der Waals surface area contributed by atoms with E-state index in [1.54, 1.807) is 0 Å². The lowest BCUT2D eigenvalue weighted by Crippen LogP contribution is -2.55. The second-order valence-corrected chi connectivity index (χ2v) is 5.98. The van der Waals surface area contributed by atoms with Crippen molar-refractivity contribution >= 4 is 5.91 Å². The number of carbonyl (C=O) groups is 1. The molecule has 3 nitrogen and oxygen atoms in total. The summed E-state index contributed by atoms with van der Waals surface area (Å²) in [5.74, 6) is 1.88. The minimum atomic E-state index is -0.0914. The predicted molar refractivity (Wildman–Crippen MR) is 64.8 cm³/mol. The van der Waals surface area contributed by atoms with Crippen molar-refractivity contribution in [3.8, 4) is 0 Å². The molecule has 0 saturated heterocycles. The van der Waals surface area contributed by atoms with Gasteiger partial charge in [-0.05, 0) is 43.9 Å². The van der Waals surface area contributed by atoms with Gasteiger partial charge in [-0.1, -0.05) is 13.8 Å². The van der Waals surface area contributed by atoms with Crippen LogP contribution in [0.1, 0.15) is 46.0 Å². The summed E-state index contributed by atoms with van der Waals surface area (Å²) in [5.41, 5.74) is 5.78. The first kappa shape index (κ1) is 11.9. The molecule has 0 heterocycles. The Hall–Kier alpha value is -0.570. The molecule has 2 atom stereocenters. The summed E-state index contributed by atoms with van der Waals surface area (Å²) in [5, 5.41) is 3.23. The molecule has 2 rings (SSSR count). The van der Waals surface area contributed by atoms with Crippen LogP contribution in [0.4, 0.5) is 0 Å². The number of hydrogen-bond acceptors (Lipinski definition) is 2. The Bertz CT molecular complexity index is 269. The summed E-state index contributed by atoms with van der Waals surface area (Å²) < 4.78 is 0. The van der Waals surface area contributed by atoms with E-state index in [4.69, 9.17) is 5.73 Å². The minimum absolute atomic E-state index is 0.0914. The van der Waals surface area contributed by atoms with E-state index >= 15 is 0 Å². The maximum absolute atomic E-state index is 12.0. The smallest absolute Gasteiger partial charge is 0.223 e. The Morgan fingerprint density at radius 2 is 1.94 bits per heavy atom. The van der Waals surface area contributed by atoms with Gasteiger partial charge in [-0.15, -0.1) is 0 Å². The molecular formula is C13H24N2O. The van der Waals surface area contributed by atoms with Crippen LogP contribution in [0, 0.1) is 17.8 Å². The monoisotopic (exact) mass is 224 g/mol. The topological polar surface area (TPSA) is 55.1 Å². The van der Waals surface area contributed by atoms with Gasteiger partial charge >= 0.3 is 0 Å². The average molecular weight is 224 g/mol. The largest absolute Gasteiger partial charge is 0.349 e. The third kappa shape index (κ3) is 2.40. The van der Waals surface area contributed by atoms with E-state index in [0.29, 0.717) is 12.5 Å². The van der Waals surface area contributed by atoms with Crippen LogP contribution in [0.5, 0.6) is 0 Å². The Balaban J connectivity index is 1.91.